The third-order valence-electron chi connectivity index (χ3n) is 3.16. The molecule has 0 aliphatic heterocycles. The zero-order chi connectivity index (χ0) is 14.7. The van der Waals surface area contributed by atoms with Crippen LogP contribution in [-0.2, 0) is 6.61 Å². The van der Waals surface area contributed by atoms with E-state index >= 15 is 0 Å². The minimum atomic E-state index is -0.314. The van der Waals surface area contributed by atoms with Gasteiger partial charge in [-0.3, -0.25) is 9.78 Å². The molecule has 3 rings (SSSR count). The number of hydrogen-bond donors (Lipinski definition) is 0. The highest BCUT2D eigenvalue weighted by Crippen LogP contribution is 2.20. The van der Waals surface area contributed by atoms with Gasteiger partial charge in [0.1, 0.15) is 24.5 Å². The van der Waals surface area contributed by atoms with Crippen LogP contribution in [0.4, 0.5) is 4.39 Å². The standard InChI is InChI=1S/C17H12FNO2/c18-15-8-13-2-1-7-19-17(13)14(9-15)11-21-16-5-3-12(10-20)4-6-16/h1-10H,11H2. The van der Waals surface area contributed by atoms with Crippen molar-refractivity contribution in [1.82, 2.24) is 4.98 Å². The van der Waals surface area contributed by atoms with Gasteiger partial charge in [0.2, 0.25) is 0 Å². The van der Waals surface area contributed by atoms with Gasteiger partial charge in [-0.1, -0.05) is 6.07 Å². The van der Waals surface area contributed by atoms with E-state index in [1.54, 1.807) is 36.5 Å². The molecule has 0 N–H and O–H groups in total. The van der Waals surface area contributed by atoms with Gasteiger partial charge in [-0.05, 0) is 42.5 Å². The number of pyridine rings is 1. The first-order valence-corrected chi connectivity index (χ1v) is 6.47. The highest BCUT2D eigenvalue weighted by Gasteiger charge is 2.06. The average Bonchev–Trinajstić information content (AvgIpc) is 2.53. The summed E-state index contributed by atoms with van der Waals surface area (Å²) < 4.78 is 19.2. The van der Waals surface area contributed by atoms with E-state index in [0.717, 1.165) is 17.2 Å². The molecule has 0 amide bonds. The summed E-state index contributed by atoms with van der Waals surface area (Å²) in [4.78, 5) is 14.9. The number of carbonyl (C=O) groups is 1. The van der Waals surface area contributed by atoms with Gasteiger partial charge in [-0.2, -0.15) is 0 Å². The highest BCUT2D eigenvalue weighted by molar-refractivity contribution is 5.81. The van der Waals surface area contributed by atoms with Gasteiger partial charge in [0, 0.05) is 22.7 Å². The Balaban J connectivity index is 1.85. The molecule has 0 fully saturated rings. The lowest BCUT2D eigenvalue weighted by Crippen LogP contribution is -1.98. The van der Waals surface area contributed by atoms with Crippen molar-refractivity contribution in [3.8, 4) is 5.75 Å². The minimum Gasteiger partial charge on any atom is -0.489 e. The zero-order valence-corrected chi connectivity index (χ0v) is 11.1. The summed E-state index contributed by atoms with van der Waals surface area (Å²) in [6.07, 6.45) is 2.44. The Bertz CT molecular complexity index is 784. The molecule has 1 heterocycles. The van der Waals surface area contributed by atoms with Gasteiger partial charge >= 0.3 is 0 Å². The molecule has 0 aliphatic rings. The number of halogens is 1. The summed E-state index contributed by atoms with van der Waals surface area (Å²) >= 11 is 0. The number of nitrogens with zero attached hydrogens (tertiary/aromatic N) is 1. The van der Waals surface area contributed by atoms with Crippen molar-refractivity contribution in [2.75, 3.05) is 0 Å². The lowest BCUT2D eigenvalue weighted by atomic mass is 10.1. The Morgan fingerprint density at radius 3 is 2.71 bits per heavy atom. The molecule has 1 aromatic heterocycles. The van der Waals surface area contributed by atoms with Gasteiger partial charge in [0.25, 0.3) is 0 Å². The maximum absolute atomic E-state index is 13.6. The van der Waals surface area contributed by atoms with Crippen LogP contribution in [0.25, 0.3) is 10.9 Å². The Morgan fingerprint density at radius 1 is 1.14 bits per heavy atom. The first-order chi connectivity index (χ1) is 10.3. The van der Waals surface area contributed by atoms with Crippen LogP contribution in [0.2, 0.25) is 0 Å². The second-order valence-electron chi connectivity index (χ2n) is 4.62. The van der Waals surface area contributed by atoms with Crippen LogP contribution in [0.5, 0.6) is 5.75 Å². The van der Waals surface area contributed by atoms with Crippen molar-refractivity contribution < 1.29 is 13.9 Å². The van der Waals surface area contributed by atoms with Gasteiger partial charge < -0.3 is 4.74 Å². The van der Waals surface area contributed by atoms with Crippen molar-refractivity contribution in [3.63, 3.8) is 0 Å². The summed E-state index contributed by atoms with van der Waals surface area (Å²) in [7, 11) is 0. The molecule has 4 heteroatoms. The number of fused-ring (bicyclic) bond motifs is 1. The van der Waals surface area contributed by atoms with E-state index in [-0.39, 0.29) is 12.4 Å². The van der Waals surface area contributed by atoms with Gasteiger partial charge in [-0.25, -0.2) is 4.39 Å². The molecule has 3 nitrogen and oxygen atoms in total. The molecule has 0 bridgehead atoms. The summed E-state index contributed by atoms with van der Waals surface area (Å²) in [5.41, 5.74) is 1.99. The summed E-state index contributed by atoms with van der Waals surface area (Å²) in [5, 5.41) is 0.743. The number of rotatable bonds is 4. The van der Waals surface area contributed by atoms with Crippen LogP contribution in [0, 0.1) is 5.82 Å². The van der Waals surface area contributed by atoms with E-state index in [4.69, 9.17) is 4.74 Å². The Labute approximate surface area is 121 Å². The predicted octanol–water partition coefficient (Wildman–Crippen LogP) is 3.77. The van der Waals surface area contributed by atoms with Gasteiger partial charge in [0.15, 0.2) is 0 Å². The van der Waals surface area contributed by atoms with E-state index in [9.17, 15) is 9.18 Å². The fraction of sp³-hybridized carbons (Fsp3) is 0.0588. The molecule has 2 aromatic carbocycles. The lowest BCUT2D eigenvalue weighted by molar-refractivity contribution is 0.112. The van der Waals surface area contributed by atoms with Crippen molar-refractivity contribution >= 4 is 17.2 Å². The second kappa shape index (κ2) is 5.71. The Morgan fingerprint density at radius 2 is 1.95 bits per heavy atom. The van der Waals surface area contributed by atoms with Crippen LogP contribution in [0.1, 0.15) is 15.9 Å². The molecule has 0 saturated heterocycles. The quantitative estimate of drug-likeness (QED) is 0.683. The lowest BCUT2D eigenvalue weighted by Gasteiger charge is -2.09. The molecule has 3 aromatic rings. The minimum absolute atomic E-state index is 0.214. The van der Waals surface area contributed by atoms with Crippen LogP contribution in [0.3, 0.4) is 0 Å². The first kappa shape index (κ1) is 13.2. The maximum atomic E-state index is 13.6. The summed E-state index contributed by atoms with van der Waals surface area (Å²) in [5.74, 6) is 0.305. The highest BCUT2D eigenvalue weighted by atomic mass is 19.1. The number of carbonyl (C=O) groups excluding carboxylic acids is 1. The van der Waals surface area contributed by atoms with E-state index in [0.29, 0.717) is 16.9 Å². The molecular formula is C17H12FNO2. The van der Waals surface area contributed by atoms with Crippen molar-refractivity contribution in [3.05, 3.63) is 71.7 Å². The van der Waals surface area contributed by atoms with Crippen molar-refractivity contribution in [1.29, 1.82) is 0 Å². The third kappa shape index (κ3) is 2.89. The number of hydrogen-bond acceptors (Lipinski definition) is 3. The van der Waals surface area contributed by atoms with Crippen LogP contribution >= 0.6 is 0 Å². The summed E-state index contributed by atoms with van der Waals surface area (Å²) in [6, 6.07) is 13.2. The second-order valence-corrected chi connectivity index (χ2v) is 4.62. The topological polar surface area (TPSA) is 39.2 Å². The zero-order valence-electron chi connectivity index (χ0n) is 11.1. The summed E-state index contributed by atoms with van der Waals surface area (Å²) in [6.45, 7) is 0.214. The Kier molecular flexibility index (Phi) is 3.60. The maximum Gasteiger partial charge on any atom is 0.150 e. The molecule has 21 heavy (non-hydrogen) atoms. The molecule has 104 valence electrons. The molecule has 0 aliphatic carbocycles. The van der Waals surface area contributed by atoms with Gasteiger partial charge in [-0.15, -0.1) is 0 Å². The molecule has 0 atom stereocenters. The monoisotopic (exact) mass is 281 g/mol. The Hall–Kier alpha value is -2.75. The molecular weight excluding hydrogens is 269 g/mol. The fourth-order valence-corrected chi connectivity index (χ4v) is 2.14. The van der Waals surface area contributed by atoms with Crippen LogP contribution in [-0.4, -0.2) is 11.3 Å². The number of ether oxygens (including phenoxy) is 1. The molecule has 0 spiro atoms. The number of aldehydes is 1. The van der Waals surface area contributed by atoms with Crippen LogP contribution < -0.4 is 4.74 Å². The largest absolute Gasteiger partial charge is 0.489 e. The van der Waals surface area contributed by atoms with Crippen molar-refractivity contribution in [2.45, 2.75) is 6.61 Å². The van der Waals surface area contributed by atoms with Crippen molar-refractivity contribution in [2.24, 2.45) is 0 Å². The number of benzene rings is 2. The molecule has 0 unspecified atom stereocenters. The van der Waals surface area contributed by atoms with E-state index in [2.05, 4.69) is 4.98 Å². The normalized spacial score (nSPS) is 10.5. The average molecular weight is 281 g/mol. The van der Waals surface area contributed by atoms with E-state index in [1.807, 2.05) is 6.07 Å². The van der Waals surface area contributed by atoms with Crippen LogP contribution in [0.15, 0.2) is 54.7 Å². The molecule has 0 radical (unpaired) electrons. The van der Waals surface area contributed by atoms with E-state index < -0.39 is 0 Å². The molecule has 0 saturated carbocycles. The predicted molar refractivity (Wildman–Crippen MR) is 77.9 cm³/mol. The smallest absolute Gasteiger partial charge is 0.150 e. The number of aromatic nitrogens is 1. The van der Waals surface area contributed by atoms with Gasteiger partial charge in [0.05, 0.1) is 5.52 Å². The SMILES string of the molecule is O=Cc1ccc(OCc2cc(F)cc3cccnc23)cc1. The first-order valence-electron chi connectivity index (χ1n) is 6.47. The fourth-order valence-electron chi connectivity index (χ4n) is 2.14. The van der Waals surface area contributed by atoms with E-state index in [1.165, 1.54) is 12.1 Å². The third-order valence-corrected chi connectivity index (χ3v) is 3.16.